The van der Waals surface area contributed by atoms with Gasteiger partial charge < -0.3 is 9.84 Å². The molecule has 1 heterocycles. The molecular formula is C16H25NO2S. The van der Waals surface area contributed by atoms with Crippen molar-refractivity contribution in [2.75, 3.05) is 26.9 Å². The molecule has 0 saturated heterocycles. The predicted octanol–water partition coefficient (Wildman–Crippen LogP) is 2.73. The molecule has 112 valence electrons. The van der Waals surface area contributed by atoms with Gasteiger partial charge in [0.15, 0.2) is 0 Å². The minimum absolute atomic E-state index is 0.0844. The molecule has 3 nitrogen and oxygen atoms in total. The fourth-order valence-corrected chi connectivity index (χ4v) is 3.12. The van der Waals surface area contributed by atoms with E-state index in [1.807, 2.05) is 0 Å². The lowest BCUT2D eigenvalue weighted by atomic mass is 10.1. The highest BCUT2D eigenvalue weighted by molar-refractivity contribution is 7.10. The van der Waals surface area contributed by atoms with Crippen LogP contribution in [0.5, 0.6) is 0 Å². The average Bonchev–Trinajstić information content (AvgIpc) is 2.91. The van der Waals surface area contributed by atoms with Gasteiger partial charge >= 0.3 is 0 Å². The average molecular weight is 295 g/mol. The van der Waals surface area contributed by atoms with Crippen LogP contribution < -0.4 is 0 Å². The maximum Gasteiger partial charge on any atom is 0.104 e. The van der Waals surface area contributed by atoms with Gasteiger partial charge in [0.25, 0.3) is 0 Å². The molecule has 0 saturated carbocycles. The van der Waals surface area contributed by atoms with E-state index in [4.69, 9.17) is 9.84 Å². The van der Waals surface area contributed by atoms with Gasteiger partial charge in [-0.05, 0) is 18.9 Å². The fraction of sp³-hybridized carbons (Fsp3) is 0.625. The van der Waals surface area contributed by atoms with Crippen LogP contribution in [-0.2, 0) is 11.3 Å². The van der Waals surface area contributed by atoms with Crippen molar-refractivity contribution >= 4 is 11.3 Å². The van der Waals surface area contributed by atoms with Gasteiger partial charge in [-0.3, -0.25) is 4.90 Å². The van der Waals surface area contributed by atoms with E-state index < -0.39 is 0 Å². The molecular weight excluding hydrogens is 270 g/mol. The van der Waals surface area contributed by atoms with E-state index in [9.17, 15) is 0 Å². The summed E-state index contributed by atoms with van der Waals surface area (Å²) >= 11 is 1.73. The molecule has 0 radical (unpaired) electrons. The molecule has 0 aliphatic rings. The highest BCUT2D eigenvalue weighted by Crippen LogP contribution is 2.19. The standard InChI is InChI=1S/C16H25NO2S/c1-4-15(5-2)17(8-10-19-3)12-16-11-14(13-20-16)7-6-9-18/h11,13,15,18H,4-5,8-10,12H2,1-3H3. The zero-order valence-corrected chi connectivity index (χ0v) is 13.5. The molecule has 1 aromatic heterocycles. The highest BCUT2D eigenvalue weighted by Gasteiger charge is 2.15. The zero-order valence-electron chi connectivity index (χ0n) is 12.7. The number of rotatable bonds is 8. The lowest BCUT2D eigenvalue weighted by Crippen LogP contribution is -2.36. The molecule has 1 rings (SSSR count). The van der Waals surface area contributed by atoms with Gasteiger partial charge in [0, 0.05) is 42.1 Å². The minimum Gasteiger partial charge on any atom is -0.384 e. The summed E-state index contributed by atoms with van der Waals surface area (Å²) in [6.45, 7) is 7.05. The molecule has 0 aromatic carbocycles. The van der Waals surface area contributed by atoms with E-state index in [-0.39, 0.29) is 6.61 Å². The fourth-order valence-electron chi connectivity index (χ4n) is 2.28. The second-order valence-corrected chi connectivity index (χ2v) is 5.69. The third kappa shape index (κ3) is 5.64. The van der Waals surface area contributed by atoms with E-state index in [1.165, 1.54) is 4.88 Å². The first-order chi connectivity index (χ1) is 9.74. The summed E-state index contributed by atoms with van der Waals surface area (Å²) in [6, 6.07) is 2.72. The number of aliphatic hydroxyl groups excluding tert-OH is 1. The second kappa shape index (κ2) is 9.95. The van der Waals surface area contributed by atoms with Crippen LogP contribution in [-0.4, -0.2) is 42.9 Å². The number of nitrogens with zero attached hydrogens (tertiary/aromatic N) is 1. The van der Waals surface area contributed by atoms with Crippen molar-refractivity contribution < 1.29 is 9.84 Å². The summed E-state index contributed by atoms with van der Waals surface area (Å²) in [7, 11) is 1.75. The smallest absolute Gasteiger partial charge is 0.104 e. The van der Waals surface area contributed by atoms with E-state index in [0.29, 0.717) is 6.04 Å². The first-order valence-corrected chi connectivity index (χ1v) is 8.03. The van der Waals surface area contributed by atoms with Crippen LogP contribution in [0.15, 0.2) is 11.4 Å². The van der Waals surface area contributed by atoms with Crippen LogP contribution >= 0.6 is 11.3 Å². The zero-order chi connectivity index (χ0) is 14.8. The lowest BCUT2D eigenvalue weighted by molar-refractivity contribution is 0.111. The Hall–Kier alpha value is -0.860. The van der Waals surface area contributed by atoms with E-state index in [2.05, 4.69) is 42.0 Å². The summed E-state index contributed by atoms with van der Waals surface area (Å²) in [5.41, 5.74) is 0.996. The van der Waals surface area contributed by atoms with Gasteiger partial charge in [-0.15, -0.1) is 11.3 Å². The molecule has 0 bridgehead atoms. The van der Waals surface area contributed by atoms with Gasteiger partial charge in [0.05, 0.1) is 6.61 Å². The quantitative estimate of drug-likeness (QED) is 0.749. The molecule has 4 heteroatoms. The van der Waals surface area contributed by atoms with Gasteiger partial charge in [0.1, 0.15) is 6.61 Å². The Kier molecular flexibility index (Phi) is 8.56. The summed E-state index contributed by atoms with van der Waals surface area (Å²) in [5.74, 6) is 5.64. The Bertz CT molecular complexity index is 429. The van der Waals surface area contributed by atoms with Gasteiger partial charge in [-0.2, -0.15) is 0 Å². The van der Waals surface area contributed by atoms with Crippen LogP contribution in [0.4, 0.5) is 0 Å². The molecule has 0 amide bonds. The Balaban J connectivity index is 2.70. The molecule has 1 aromatic rings. The lowest BCUT2D eigenvalue weighted by Gasteiger charge is -2.29. The van der Waals surface area contributed by atoms with Crippen LogP contribution in [0.1, 0.15) is 37.1 Å². The summed E-state index contributed by atoms with van der Waals surface area (Å²) < 4.78 is 5.22. The largest absolute Gasteiger partial charge is 0.384 e. The number of thiophene rings is 1. The number of aliphatic hydroxyl groups is 1. The SMILES string of the molecule is CCC(CC)N(CCOC)Cc1cc(C#CCO)cs1. The van der Waals surface area contributed by atoms with Crippen molar-refractivity contribution in [1.82, 2.24) is 4.90 Å². The van der Waals surface area contributed by atoms with E-state index in [1.54, 1.807) is 18.4 Å². The molecule has 1 N–H and O–H groups in total. The third-order valence-corrected chi connectivity index (χ3v) is 4.29. The van der Waals surface area contributed by atoms with Crippen molar-refractivity contribution in [3.63, 3.8) is 0 Å². The summed E-state index contributed by atoms with van der Waals surface area (Å²) in [5, 5.41) is 10.8. The normalized spacial score (nSPS) is 10.9. The van der Waals surface area contributed by atoms with Crippen molar-refractivity contribution in [2.24, 2.45) is 0 Å². The van der Waals surface area contributed by atoms with Crippen LogP contribution in [0.25, 0.3) is 0 Å². The first-order valence-electron chi connectivity index (χ1n) is 7.15. The highest BCUT2D eigenvalue weighted by atomic mass is 32.1. The maximum absolute atomic E-state index is 8.72. The van der Waals surface area contributed by atoms with Crippen molar-refractivity contribution in [3.05, 3.63) is 21.9 Å². The molecule has 0 fully saturated rings. The molecule has 20 heavy (non-hydrogen) atoms. The monoisotopic (exact) mass is 295 g/mol. The molecule has 0 aliphatic carbocycles. The molecule has 0 spiro atoms. The van der Waals surface area contributed by atoms with Crippen LogP contribution in [0.2, 0.25) is 0 Å². The topological polar surface area (TPSA) is 32.7 Å². The number of ether oxygens (including phenoxy) is 1. The van der Waals surface area contributed by atoms with Crippen LogP contribution in [0, 0.1) is 11.8 Å². The Labute approximate surface area is 126 Å². The third-order valence-electron chi connectivity index (χ3n) is 3.37. The molecule has 0 aliphatic heterocycles. The Morgan fingerprint density at radius 3 is 2.75 bits per heavy atom. The van der Waals surface area contributed by atoms with E-state index >= 15 is 0 Å². The maximum atomic E-state index is 8.72. The van der Waals surface area contributed by atoms with Gasteiger partial charge in [0.2, 0.25) is 0 Å². The van der Waals surface area contributed by atoms with Crippen molar-refractivity contribution in [1.29, 1.82) is 0 Å². The Morgan fingerprint density at radius 2 is 2.15 bits per heavy atom. The summed E-state index contributed by atoms with van der Waals surface area (Å²) in [6.07, 6.45) is 2.31. The Morgan fingerprint density at radius 1 is 1.40 bits per heavy atom. The van der Waals surface area contributed by atoms with E-state index in [0.717, 1.165) is 38.1 Å². The minimum atomic E-state index is -0.0844. The summed E-state index contributed by atoms with van der Waals surface area (Å²) in [4.78, 5) is 3.80. The number of hydrogen-bond donors (Lipinski definition) is 1. The number of methoxy groups -OCH3 is 1. The van der Waals surface area contributed by atoms with Crippen molar-refractivity contribution in [2.45, 2.75) is 39.3 Å². The second-order valence-electron chi connectivity index (χ2n) is 4.70. The first kappa shape index (κ1) is 17.2. The number of hydrogen-bond acceptors (Lipinski definition) is 4. The van der Waals surface area contributed by atoms with Gasteiger partial charge in [-0.1, -0.05) is 25.7 Å². The van der Waals surface area contributed by atoms with Gasteiger partial charge in [-0.25, -0.2) is 0 Å². The molecule has 0 atom stereocenters. The van der Waals surface area contributed by atoms with Crippen molar-refractivity contribution in [3.8, 4) is 11.8 Å². The van der Waals surface area contributed by atoms with Crippen LogP contribution in [0.3, 0.4) is 0 Å². The molecule has 0 unspecified atom stereocenters. The predicted molar refractivity (Wildman–Crippen MR) is 84.9 cm³/mol.